The summed E-state index contributed by atoms with van der Waals surface area (Å²) >= 11 is 0. The van der Waals surface area contributed by atoms with Gasteiger partial charge in [-0.25, -0.2) is 0 Å². The van der Waals surface area contributed by atoms with Gasteiger partial charge in [0.25, 0.3) is 0 Å². The summed E-state index contributed by atoms with van der Waals surface area (Å²) in [5.74, 6) is 1.91. The first-order valence-electron chi connectivity index (χ1n) is 9.05. The fourth-order valence-electron chi connectivity index (χ4n) is 5.75. The molecule has 130 valence electrons. The van der Waals surface area contributed by atoms with Crippen LogP contribution in [0.15, 0.2) is 24.3 Å². The number of nitriles is 1. The van der Waals surface area contributed by atoms with Crippen LogP contribution in [0.4, 0.5) is 0 Å². The van der Waals surface area contributed by atoms with Crippen LogP contribution < -0.4 is 9.47 Å². The molecular formula is C20H22N2O3. The number of nitrogens with zero attached hydrogens (tertiary/aromatic N) is 2. The van der Waals surface area contributed by atoms with Crippen molar-refractivity contribution in [2.24, 2.45) is 5.92 Å². The second kappa shape index (κ2) is 5.23. The third-order valence-electron chi connectivity index (χ3n) is 6.70. The second-order valence-electron chi connectivity index (χ2n) is 7.58. The maximum Gasteiger partial charge on any atom is 0.165 e. The Labute approximate surface area is 147 Å². The van der Waals surface area contributed by atoms with Crippen molar-refractivity contribution in [2.45, 2.75) is 42.9 Å². The summed E-state index contributed by atoms with van der Waals surface area (Å²) in [6, 6.07) is 6.79. The zero-order valence-corrected chi connectivity index (χ0v) is 14.3. The number of likely N-dealkylation sites (tertiary alicyclic amines) is 1. The molecule has 1 N–H and O–H groups in total. The molecule has 1 fully saturated rings. The van der Waals surface area contributed by atoms with Crippen LogP contribution in [0.3, 0.4) is 0 Å². The first kappa shape index (κ1) is 15.2. The number of aliphatic hydroxyl groups is 1. The van der Waals surface area contributed by atoms with Crippen molar-refractivity contribution in [2.75, 3.05) is 20.2 Å². The minimum atomic E-state index is -0.592. The van der Waals surface area contributed by atoms with E-state index in [-0.39, 0.29) is 11.5 Å². The van der Waals surface area contributed by atoms with Gasteiger partial charge in [0.15, 0.2) is 11.5 Å². The van der Waals surface area contributed by atoms with Crippen LogP contribution in [0.1, 0.15) is 24.0 Å². The predicted octanol–water partition coefficient (Wildman–Crippen LogP) is 1.78. The van der Waals surface area contributed by atoms with Gasteiger partial charge in [0, 0.05) is 35.9 Å². The first-order valence-corrected chi connectivity index (χ1v) is 9.05. The fourth-order valence-corrected chi connectivity index (χ4v) is 5.75. The molecule has 2 bridgehead atoms. The van der Waals surface area contributed by atoms with Crippen LogP contribution in [0.5, 0.6) is 11.5 Å². The van der Waals surface area contributed by atoms with Gasteiger partial charge in [0.05, 0.1) is 13.2 Å². The average molecular weight is 338 g/mol. The number of aliphatic hydroxyl groups excluding tert-OH is 1. The summed E-state index contributed by atoms with van der Waals surface area (Å²) < 4.78 is 11.9. The highest BCUT2D eigenvalue weighted by Crippen LogP contribution is 2.62. The van der Waals surface area contributed by atoms with Crippen molar-refractivity contribution < 1.29 is 14.6 Å². The molecule has 4 aliphatic rings. The Bertz CT molecular complexity index is 799. The molecule has 1 spiro atoms. The lowest BCUT2D eigenvalue weighted by atomic mass is 9.53. The molecule has 0 amide bonds. The van der Waals surface area contributed by atoms with E-state index in [9.17, 15) is 5.11 Å². The van der Waals surface area contributed by atoms with Gasteiger partial charge in [-0.05, 0) is 31.0 Å². The van der Waals surface area contributed by atoms with E-state index in [1.54, 1.807) is 7.11 Å². The topological polar surface area (TPSA) is 65.7 Å². The number of methoxy groups -OCH3 is 1. The highest BCUT2D eigenvalue weighted by atomic mass is 16.5. The Morgan fingerprint density at radius 1 is 1.44 bits per heavy atom. The third-order valence-corrected chi connectivity index (χ3v) is 6.70. The summed E-state index contributed by atoms with van der Waals surface area (Å²) in [6.07, 6.45) is 5.73. The van der Waals surface area contributed by atoms with E-state index in [4.69, 9.17) is 14.7 Å². The highest BCUT2D eigenvalue weighted by Gasteiger charge is 2.64. The molecule has 1 aromatic rings. The maximum atomic E-state index is 10.7. The zero-order chi connectivity index (χ0) is 17.2. The Balaban J connectivity index is 1.69. The van der Waals surface area contributed by atoms with Crippen molar-refractivity contribution in [3.8, 4) is 17.6 Å². The standard InChI is InChI=1S/C20H22N2O3/c1-24-16-6-3-12-11-14-13-4-5-15(23)19-20(13,17(12)18(16)25-19)7-10-22(14)9-2-8-21/h3-6,13-15,19,23H,2,7,9-11H2,1H3/t13-,14+,15?,19?,20-/m0/s1. The van der Waals surface area contributed by atoms with Gasteiger partial charge >= 0.3 is 0 Å². The van der Waals surface area contributed by atoms with E-state index in [0.717, 1.165) is 37.4 Å². The minimum absolute atomic E-state index is 0.167. The lowest BCUT2D eigenvalue weighted by Crippen LogP contribution is -2.65. The highest BCUT2D eigenvalue weighted by molar-refractivity contribution is 5.62. The van der Waals surface area contributed by atoms with Gasteiger partial charge in [0.1, 0.15) is 12.2 Å². The quantitative estimate of drug-likeness (QED) is 0.851. The Morgan fingerprint density at radius 2 is 2.32 bits per heavy atom. The summed E-state index contributed by atoms with van der Waals surface area (Å²) in [5, 5.41) is 19.6. The van der Waals surface area contributed by atoms with Gasteiger partial charge in [-0.3, -0.25) is 4.90 Å². The van der Waals surface area contributed by atoms with Crippen LogP contribution >= 0.6 is 0 Å². The van der Waals surface area contributed by atoms with Crippen LogP contribution in [-0.2, 0) is 11.8 Å². The lowest BCUT2D eigenvalue weighted by Gasteiger charge is -2.57. The second-order valence-corrected chi connectivity index (χ2v) is 7.58. The molecule has 5 nitrogen and oxygen atoms in total. The maximum absolute atomic E-state index is 10.7. The van der Waals surface area contributed by atoms with Crippen molar-refractivity contribution in [1.82, 2.24) is 4.90 Å². The summed E-state index contributed by atoms with van der Waals surface area (Å²) in [5.41, 5.74) is 2.41. The third kappa shape index (κ3) is 1.79. The van der Waals surface area contributed by atoms with Crippen LogP contribution in [0, 0.1) is 17.2 Å². The molecule has 0 saturated carbocycles. The van der Waals surface area contributed by atoms with Crippen LogP contribution in [0.25, 0.3) is 0 Å². The van der Waals surface area contributed by atoms with Crippen LogP contribution in [0.2, 0.25) is 0 Å². The lowest BCUT2D eigenvalue weighted by molar-refractivity contribution is -0.0510. The van der Waals surface area contributed by atoms with E-state index in [2.05, 4.69) is 23.1 Å². The number of rotatable bonds is 3. The van der Waals surface area contributed by atoms with Crippen LogP contribution in [-0.4, -0.2) is 48.5 Å². The van der Waals surface area contributed by atoms with Crippen molar-refractivity contribution in [3.05, 3.63) is 35.4 Å². The fraction of sp³-hybridized carbons (Fsp3) is 0.550. The number of hydrogen-bond donors (Lipinski definition) is 1. The molecule has 2 aliphatic heterocycles. The van der Waals surface area contributed by atoms with Gasteiger partial charge in [-0.15, -0.1) is 0 Å². The normalized spacial score (nSPS) is 37.2. The van der Waals surface area contributed by atoms with Gasteiger partial charge in [-0.1, -0.05) is 18.2 Å². The molecule has 5 heteroatoms. The van der Waals surface area contributed by atoms with E-state index >= 15 is 0 Å². The average Bonchev–Trinajstić information content (AvgIpc) is 2.97. The summed E-state index contributed by atoms with van der Waals surface area (Å²) in [6.45, 7) is 1.76. The molecule has 1 aromatic carbocycles. The Morgan fingerprint density at radius 3 is 3.12 bits per heavy atom. The van der Waals surface area contributed by atoms with E-state index in [1.807, 2.05) is 12.1 Å². The molecule has 2 aliphatic carbocycles. The van der Waals surface area contributed by atoms with Gasteiger partial charge < -0.3 is 14.6 Å². The summed E-state index contributed by atoms with van der Waals surface area (Å²) in [7, 11) is 1.67. The van der Waals surface area contributed by atoms with Gasteiger partial charge in [-0.2, -0.15) is 5.26 Å². The Hall–Kier alpha value is -2.03. The zero-order valence-electron chi connectivity index (χ0n) is 14.3. The number of ether oxygens (including phenoxy) is 2. The van der Waals surface area contributed by atoms with E-state index in [0.29, 0.717) is 18.4 Å². The number of hydrogen-bond acceptors (Lipinski definition) is 5. The predicted molar refractivity (Wildman–Crippen MR) is 91.6 cm³/mol. The number of piperidine rings is 1. The molecule has 5 atom stereocenters. The van der Waals surface area contributed by atoms with Gasteiger partial charge in [0.2, 0.25) is 0 Å². The molecule has 0 radical (unpaired) electrons. The molecule has 0 aromatic heterocycles. The largest absolute Gasteiger partial charge is 0.493 e. The summed E-state index contributed by atoms with van der Waals surface area (Å²) in [4.78, 5) is 2.46. The SMILES string of the molecule is COc1ccc2c3c1OC1C(O)C=C[C@H]4[C@@H](C2)N(CCC#N)CC[C@]314. The minimum Gasteiger partial charge on any atom is -0.493 e. The van der Waals surface area contributed by atoms with E-state index < -0.39 is 6.10 Å². The molecule has 1 saturated heterocycles. The molecular weight excluding hydrogens is 316 g/mol. The molecule has 5 rings (SSSR count). The van der Waals surface area contributed by atoms with Crippen molar-refractivity contribution in [3.63, 3.8) is 0 Å². The Kier molecular flexibility index (Phi) is 3.19. The number of benzene rings is 1. The smallest absolute Gasteiger partial charge is 0.165 e. The van der Waals surface area contributed by atoms with E-state index in [1.165, 1.54) is 11.1 Å². The molecule has 25 heavy (non-hydrogen) atoms. The monoisotopic (exact) mass is 338 g/mol. The molecule has 2 unspecified atom stereocenters. The van der Waals surface area contributed by atoms with Crippen molar-refractivity contribution >= 4 is 0 Å². The van der Waals surface area contributed by atoms with Crippen molar-refractivity contribution in [1.29, 1.82) is 5.26 Å². The molecule has 2 heterocycles. The first-order chi connectivity index (χ1) is 12.2.